The fraction of sp³-hybridized carbons (Fsp3) is 0.0714. The van der Waals surface area contributed by atoms with E-state index in [1.807, 2.05) is 30.3 Å². The first kappa shape index (κ1) is 17.3. The van der Waals surface area contributed by atoms with Crippen molar-refractivity contribution in [1.29, 1.82) is 0 Å². The van der Waals surface area contributed by atoms with Gasteiger partial charge < -0.3 is 15.2 Å². The Balaban J connectivity index is 0.00000200. The molecule has 98 valence electrons. The normalized spacial score (nSPS) is 10.5. The predicted molar refractivity (Wildman–Crippen MR) is 74.6 cm³/mol. The standard InChI is InChI=1S/C14H11Cl2NO2.Na/c15-14(16,13(18)19)11-8-4-5-9-12(11)17-10-6-2-1-3-7-10;/h1-9,17H,(H,18,19);/q;+1/p-1. The van der Waals surface area contributed by atoms with Crippen LogP contribution in [0.4, 0.5) is 11.4 Å². The van der Waals surface area contributed by atoms with Crippen LogP contribution in [0.3, 0.4) is 0 Å². The van der Waals surface area contributed by atoms with Gasteiger partial charge in [-0.3, -0.25) is 0 Å². The minimum Gasteiger partial charge on any atom is -0.546 e. The van der Waals surface area contributed by atoms with Crippen molar-refractivity contribution in [1.82, 2.24) is 0 Å². The third-order valence-electron chi connectivity index (χ3n) is 2.57. The van der Waals surface area contributed by atoms with E-state index in [9.17, 15) is 9.90 Å². The molecule has 2 aromatic rings. The molecule has 0 aliphatic heterocycles. The number of alkyl halides is 2. The van der Waals surface area contributed by atoms with Gasteiger partial charge >= 0.3 is 29.6 Å². The van der Waals surface area contributed by atoms with Crippen LogP contribution in [-0.2, 0) is 9.13 Å². The zero-order chi connectivity index (χ0) is 13.9. The van der Waals surface area contributed by atoms with Crippen molar-refractivity contribution >= 4 is 40.5 Å². The van der Waals surface area contributed by atoms with Crippen LogP contribution < -0.4 is 40.0 Å². The van der Waals surface area contributed by atoms with Crippen molar-refractivity contribution in [3.05, 3.63) is 60.2 Å². The van der Waals surface area contributed by atoms with E-state index in [2.05, 4.69) is 5.32 Å². The Hall–Kier alpha value is -0.710. The molecule has 0 amide bonds. The third kappa shape index (κ3) is 3.90. The van der Waals surface area contributed by atoms with Gasteiger partial charge in [-0.15, -0.1) is 0 Å². The van der Waals surface area contributed by atoms with Gasteiger partial charge in [-0.1, -0.05) is 59.6 Å². The molecule has 3 nitrogen and oxygen atoms in total. The van der Waals surface area contributed by atoms with Gasteiger partial charge in [-0.05, 0) is 18.2 Å². The van der Waals surface area contributed by atoms with Crippen molar-refractivity contribution in [2.45, 2.75) is 4.33 Å². The number of rotatable bonds is 4. The molecule has 2 aromatic carbocycles. The van der Waals surface area contributed by atoms with E-state index in [1.54, 1.807) is 24.3 Å². The van der Waals surface area contributed by atoms with Crippen LogP contribution in [0.1, 0.15) is 5.56 Å². The quantitative estimate of drug-likeness (QED) is 0.628. The molecule has 0 unspecified atom stereocenters. The average molecular weight is 318 g/mol. The summed E-state index contributed by atoms with van der Waals surface area (Å²) in [6.07, 6.45) is 0. The summed E-state index contributed by atoms with van der Waals surface area (Å²) in [4.78, 5) is 11.0. The first-order valence-electron chi connectivity index (χ1n) is 5.52. The van der Waals surface area contributed by atoms with E-state index >= 15 is 0 Å². The van der Waals surface area contributed by atoms with Gasteiger partial charge in [0.25, 0.3) is 0 Å². The number of benzene rings is 2. The minimum atomic E-state index is -2.10. The molecule has 0 fully saturated rings. The summed E-state index contributed by atoms with van der Waals surface area (Å²) in [5.41, 5.74) is 1.56. The molecule has 0 aliphatic carbocycles. The number of anilines is 2. The Labute approximate surface area is 149 Å². The number of aliphatic carboxylic acids is 1. The van der Waals surface area contributed by atoms with E-state index in [0.29, 0.717) is 5.69 Å². The topological polar surface area (TPSA) is 52.2 Å². The van der Waals surface area contributed by atoms with Crippen LogP contribution in [0.15, 0.2) is 54.6 Å². The molecule has 0 aromatic heterocycles. The summed E-state index contributed by atoms with van der Waals surface area (Å²) in [6.45, 7) is 0. The molecule has 1 N–H and O–H groups in total. The maximum absolute atomic E-state index is 11.0. The zero-order valence-corrected chi connectivity index (χ0v) is 14.3. The van der Waals surface area contributed by atoms with Gasteiger partial charge in [-0.2, -0.15) is 0 Å². The van der Waals surface area contributed by atoms with E-state index in [1.165, 1.54) is 0 Å². The van der Waals surface area contributed by atoms with Crippen LogP contribution >= 0.6 is 23.2 Å². The van der Waals surface area contributed by atoms with Crippen LogP contribution in [0.25, 0.3) is 0 Å². The summed E-state index contributed by atoms with van der Waals surface area (Å²) >= 11 is 11.7. The predicted octanol–water partition coefficient (Wildman–Crippen LogP) is -0.186. The molecule has 20 heavy (non-hydrogen) atoms. The van der Waals surface area contributed by atoms with Gasteiger partial charge in [0.05, 0.1) is 5.97 Å². The molecular formula is C14H10Cl2NNaO2. The Morgan fingerprint density at radius 1 is 1.00 bits per heavy atom. The van der Waals surface area contributed by atoms with Crippen LogP contribution in [0.5, 0.6) is 0 Å². The number of carboxylic acids is 1. The largest absolute Gasteiger partial charge is 1.00 e. The first-order chi connectivity index (χ1) is 9.01. The van der Waals surface area contributed by atoms with E-state index in [0.717, 1.165) is 5.69 Å². The van der Waals surface area contributed by atoms with Crippen molar-refractivity contribution in [3.8, 4) is 0 Å². The molecule has 0 bridgehead atoms. The number of hydrogen-bond donors (Lipinski definition) is 1. The van der Waals surface area contributed by atoms with Gasteiger partial charge in [-0.25, -0.2) is 0 Å². The van der Waals surface area contributed by atoms with Crippen molar-refractivity contribution < 1.29 is 39.5 Å². The number of carbonyl (C=O) groups excluding carboxylic acids is 1. The maximum atomic E-state index is 11.0. The summed E-state index contributed by atoms with van der Waals surface area (Å²) in [5.74, 6) is -1.56. The molecule has 0 heterocycles. The monoisotopic (exact) mass is 317 g/mol. The van der Waals surface area contributed by atoms with Gasteiger partial charge in [0.2, 0.25) is 0 Å². The second kappa shape index (κ2) is 7.34. The zero-order valence-electron chi connectivity index (χ0n) is 10.8. The van der Waals surface area contributed by atoms with Crippen LogP contribution in [0, 0.1) is 0 Å². The van der Waals surface area contributed by atoms with E-state index in [4.69, 9.17) is 23.2 Å². The summed E-state index contributed by atoms with van der Waals surface area (Å²) in [6, 6.07) is 16.0. The fourth-order valence-corrected chi connectivity index (χ4v) is 1.98. The molecule has 2 rings (SSSR count). The number of para-hydroxylation sites is 2. The average Bonchev–Trinajstić information content (AvgIpc) is 2.40. The van der Waals surface area contributed by atoms with Crippen molar-refractivity contribution in [2.75, 3.05) is 5.32 Å². The molecule has 0 radical (unpaired) electrons. The second-order valence-electron chi connectivity index (χ2n) is 3.90. The number of hydrogen-bond acceptors (Lipinski definition) is 3. The number of carboxylic acid groups (broad SMARTS) is 1. The van der Waals surface area contributed by atoms with E-state index in [-0.39, 0.29) is 35.1 Å². The molecule has 0 spiro atoms. The first-order valence-corrected chi connectivity index (χ1v) is 6.28. The van der Waals surface area contributed by atoms with E-state index < -0.39 is 10.3 Å². The van der Waals surface area contributed by atoms with Crippen LogP contribution in [-0.4, -0.2) is 5.97 Å². The molecule has 0 saturated carbocycles. The summed E-state index contributed by atoms with van der Waals surface area (Å²) in [7, 11) is 0. The van der Waals surface area contributed by atoms with Gasteiger partial charge in [0.15, 0.2) is 4.33 Å². The van der Waals surface area contributed by atoms with Crippen molar-refractivity contribution in [2.24, 2.45) is 0 Å². The SMILES string of the molecule is O=C([O-])C(Cl)(Cl)c1ccccc1Nc1ccccc1.[Na+]. The van der Waals surface area contributed by atoms with Crippen molar-refractivity contribution in [3.63, 3.8) is 0 Å². The minimum absolute atomic E-state index is 0. The maximum Gasteiger partial charge on any atom is 1.00 e. The smallest absolute Gasteiger partial charge is 0.546 e. The second-order valence-corrected chi connectivity index (χ2v) is 5.23. The molecule has 0 aliphatic rings. The Morgan fingerprint density at radius 3 is 2.15 bits per heavy atom. The van der Waals surface area contributed by atoms with Crippen LogP contribution in [0.2, 0.25) is 0 Å². The Bertz CT molecular complexity index is 591. The Kier molecular flexibility index (Phi) is 6.37. The molecule has 6 heteroatoms. The third-order valence-corrected chi connectivity index (χ3v) is 3.29. The Morgan fingerprint density at radius 2 is 1.55 bits per heavy atom. The van der Waals surface area contributed by atoms with Gasteiger partial charge in [0, 0.05) is 16.9 Å². The molecule has 0 atom stereocenters. The number of nitrogens with one attached hydrogen (secondary N) is 1. The fourth-order valence-electron chi connectivity index (χ4n) is 1.65. The molecular weight excluding hydrogens is 308 g/mol. The molecule has 0 saturated heterocycles. The summed E-state index contributed by atoms with van der Waals surface area (Å²) in [5, 5.41) is 14.1. The summed E-state index contributed by atoms with van der Waals surface area (Å²) < 4.78 is -2.10. The number of carbonyl (C=O) groups is 1. The number of halogens is 2. The van der Waals surface area contributed by atoms with Gasteiger partial charge in [0.1, 0.15) is 0 Å².